The van der Waals surface area contributed by atoms with Crippen LogP contribution in [0.25, 0.3) is 0 Å². The van der Waals surface area contributed by atoms with Gasteiger partial charge in [0, 0.05) is 5.92 Å². The number of aliphatic hydroxyl groups is 1. The molecule has 1 aromatic carbocycles. The molecule has 15 heavy (non-hydrogen) atoms. The Morgan fingerprint density at radius 3 is 2.47 bits per heavy atom. The summed E-state index contributed by atoms with van der Waals surface area (Å²) in [4.78, 5) is 0. The van der Waals surface area contributed by atoms with Crippen LogP contribution in [0.4, 0.5) is 4.39 Å². The van der Waals surface area contributed by atoms with E-state index in [2.05, 4.69) is 0 Å². The van der Waals surface area contributed by atoms with E-state index in [9.17, 15) is 4.39 Å². The zero-order valence-corrected chi connectivity index (χ0v) is 8.52. The number of halogens is 1. The molecule has 1 unspecified atom stereocenters. The molecule has 0 fully saturated rings. The van der Waals surface area contributed by atoms with Crippen molar-refractivity contribution in [3.05, 3.63) is 29.3 Å². The van der Waals surface area contributed by atoms with E-state index in [1.807, 2.05) is 0 Å². The lowest BCUT2D eigenvalue weighted by Crippen LogP contribution is -2.30. The van der Waals surface area contributed by atoms with Crippen LogP contribution in [0.1, 0.15) is 17.0 Å². The average Bonchev–Trinajstić information content (AvgIpc) is 2.21. The van der Waals surface area contributed by atoms with Gasteiger partial charge in [-0.25, -0.2) is 0 Å². The Kier molecular flexibility index (Phi) is 4.26. The van der Waals surface area contributed by atoms with Crippen LogP contribution in [0.3, 0.4) is 0 Å². The van der Waals surface area contributed by atoms with Crippen molar-refractivity contribution in [2.75, 3.05) is 13.3 Å². The second kappa shape index (κ2) is 5.25. The highest BCUT2D eigenvalue weighted by atomic mass is 19.1. The third kappa shape index (κ3) is 2.78. The van der Waals surface area contributed by atoms with Crippen LogP contribution in [0, 0.1) is 6.92 Å². The standard InChI is InChI=1S/C10H14BFO3/c1-7-4-9(11(14)15)2-3-10(7)8(5-12)6-13/h2-4,8,13-15H,5-6H2,1H3. The van der Waals surface area contributed by atoms with E-state index in [4.69, 9.17) is 15.2 Å². The van der Waals surface area contributed by atoms with Crippen LogP contribution in [0.5, 0.6) is 0 Å². The Bertz CT molecular complexity index is 326. The normalized spacial score (nSPS) is 12.6. The number of hydrogen-bond donors (Lipinski definition) is 3. The third-order valence-corrected chi connectivity index (χ3v) is 2.44. The molecule has 0 aliphatic heterocycles. The lowest BCUT2D eigenvalue weighted by Gasteiger charge is -2.14. The molecule has 0 spiro atoms. The van der Waals surface area contributed by atoms with Gasteiger partial charge in [-0.3, -0.25) is 4.39 Å². The molecule has 0 aliphatic rings. The maximum atomic E-state index is 12.5. The topological polar surface area (TPSA) is 60.7 Å². The second-order valence-corrected chi connectivity index (χ2v) is 3.52. The lowest BCUT2D eigenvalue weighted by atomic mass is 9.78. The predicted octanol–water partition coefficient (Wildman–Crippen LogP) is -0.280. The Morgan fingerprint density at radius 1 is 1.40 bits per heavy atom. The molecule has 0 heterocycles. The van der Waals surface area contributed by atoms with E-state index in [1.165, 1.54) is 6.07 Å². The Labute approximate surface area is 88.3 Å². The van der Waals surface area contributed by atoms with Gasteiger partial charge in [-0.1, -0.05) is 18.2 Å². The number of benzene rings is 1. The van der Waals surface area contributed by atoms with Gasteiger partial charge >= 0.3 is 7.12 Å². The first-order chi connectivity index (χ1) is 7.10. The summed E-state index contributed by atoms with van der Waals surface area (Å²) >= 11 is 0. The number of aryl methyl sites for hydroxylation is 1. The van der Waals surface area contributed by atoms with Crippen LogP contribution in [0.15, 0.2) is 18.2 Å². The third-order valence-electron chi connectivity index (χ3n) is 2.44. The van der Waals surface area contributed by atoms with E-state index >= 15 is 0 Å². The molecular formula is C10H14BFO3. The van der Waals surface area contributed by atoms with Crippen LogP contribution in [0.2, 0.25) is 0 Å². The van der Waals surface area contributed by atoms with Crippen LogP contribution in [-0.2, 0) is 0 Å². The van der Waals surface area contributed by atoms with Crippen molar-refractivity contribution in [1.29, 1.82) is 0 Å². The van der Waals surface area contributed by atoms with Crippen molar-refractivity contribution in [3.8, 4) is 0 Å². The van der Waals surface area contributed by atoms with Gasteiger partial charge in [-0.15, -0.1) is 0 Å². The fraction of sp³-hybridized carbons (Fsp3) is 0.400. The van der Waals surface area contributed by atoms with Crippen molar-refractivity contribution in [1.82, 2.24) is 0 Å². The Hall–Kier alpha value is -0.905. The van der Waals surface area contributed by atoms with E-state index in [0.29, 0.717) is 11.0 Å². The largest absolute Gasteiger partial charge is 0.488 e. The van der Waals surface area contributed by atoms with E-state index in [1.54, 1.807) is 19.1 Å². The van der Waals surface area contributed by atoms with Crippen molar-refractivity contribution in [2.24, 2.45) is 0 Å². The molecule has 3 nitrogen and oxygen atoms in total. The van der Waals surface area contributed by atoms with Gasteiger partial charge in [0.05, 0.1) is 13.3 Å². The molecule has 0 saturated carbocycles. The monoisotopic (exact) mass is 212 g/mol. The smallest absolute Gasteiger partial charge is 0.423 e. The van der Waals surface area contributed by atoms with E-state index in [0.717, 1.165) is 5.56 Å². The molecule has 0 saturated heterocycles. The summed E-state index contributed by atoms with van der Waals surface area (Å²) in [5, 5.41) is 26.8. The number of hydrogen-bond acceptors (Lipinski definition) is 3. The highest BCUT2D eigenvalue weighted by Gasteiger charge is 2.16. The zero-order valence-electron chi connectivity index (χ0n) is 8.52. The first-order valence-corrected chi connectivity index (χ1v) is 4.73. The molecule has 0 bridgehead atoms. The molecule has 1 rings (SSSR count). The fourth-order valence-electron chi connectivity index (χ4n) is 1.55. The summed E-state index contributed by atoms with van der Waals surface area (Å²) in [6.07, 6.45) is 0. The molecule has 0 amide bonds. The summed E-state index contributed by atoms with van der Waals surface area (Å²) in [5.41, 5.74) is 1.81. The van der Waals surface area contributed by atoms with Gasteiger partial charge in [0.25, 0.3) is 0 Å². The molecule has 1 aromatic rings. The van der Waals surface area contributed by atoms with Gasteiger partial charge in [-0.2, -0.15) is 0 Å². The van der Waals surface area contributed by atoms with Gasteiger partial charge in [0.1, 0.15) is 0 Å². The average molecular weight is 212 g/mol. The van der Waals surface area contributed by atoms with Crippen molar-refractivity contribution in [2.45, 2.75) is 12.8 Å². The highest BCUT2D eigenvalue weighted by Crippen LogP contribution is 2.18. The van der Waals surface area contributed by atoms with Gasteiger partial charge in [0.15, 0.2) is 0 Å². The fourth-order valence-corrected chi connectivity index (χ4v) is 1.55. The minimum absolute atomic E-state index is 0.252. The molecule has 0 radical (unpaired) electrons. The SMILES string of the molecule is Cc1cc(B(O)O)ccc1C(CO)CF. The van der Waals surface area contributed by atoms with Crippen molar-refractivity contribution >= 4 is 12.6 Å². The summed E-state index contributed by atoms with van der Waals surface area (Å²) < 4.78 is 12.5. The molecule has 0 aromatic heterocycles. The number of aliphatic hydroxyl groups excluding tert-OH is 1. The maximum absolute atomic E-state index is 12.5. The zero-order chi connectivity index (χ0) is 11.4. The van der Waals surface area contributed by atoms with E-state index in [-0.39, 0.29) is 6.61 Å². The molecule has 1 atom stereocenters. The Balaban J connectivity index is 3.02. The van der Waals surface area contributed by atoms with Gasteiger partial charge < -0.3 is 15.2 Å². The summed E-state index contributed by atoms with van der Waals surface area (Å²) in [7, 11) is -1.52. The molecule has 0 aliphatic carbocycles. The van der Waals surface area contributed by atoms with Crippen molar-refractivity contribution < 1.29 is 19.5 Å². The molecular weight excluding hydrogens is 198 g/mol. The molecule has 82 valence electrons. The summed E-state index contributed by atoms with van der Waals surface area (Å²) in [5.74, 6) is -0.533. The molecule has 3 N–H and O–H groups in total. The minimum Gasteiger partial charge on any atom is -0.423 e. The van der Waals surface area contributed by atoms with Crippen LogP contribution < -0.4 is 5.46 Å². The van der Waals surface area contributed by atoms with Crippen molar-refractivity contribution in [3.63, 3.8) is 0 Å². The quantitative estimate of drug-likeness (QED) is 0.601. The second-order valence-electron chi connectivity index (χ2n) is 3.52. The molecule has 5 heteroatoms. The minimum atomic E-state index is -1.52. The van der Waals surface area contributed by atoms with Gasteiger partial charge in [0.2, 0.25) is 0 Å². The first kappa shape index (κ1) is 12.2. The Morgan fingerprint density at radius 2 is 2.07 bits per heavy atom. The highest BCUT2D eigenvalue weighted by molar-refractivity contribution is 6.58. The number of rotatable bonds is 4. The predicted molar refractivity (Wildman–Crippen MR) is 56.8 cm³/mol. The summed E-state index contributed by atoms with van der Waals surface area (Å²) in [6.45, 7) is 0.871. The van der Waals surface area contributed by atoms with E-state index < -0.39 is 19.7 Å². The van der Waals surface area contributed by atoms with Crippen LogP contribution >= 0.6 is 0 Å². The first-order valence-electron chi connectivity index (χ1n) is 4.73. The van der Waals surface area contributed by atoms with Crippen LogP contribution in [-0.4, -0.2) is 35.6 Å². The summed E-state index contributed by atoms with van der Waals surface area (Å²) in [6, 6.07) is 4.72. The maximum Gasteiger partial charge on any atom is 0.488 e. The number of alkyl halides is 1. The van der Waals surface area contributed by atoms with Gasteiger partial charge in [-0.05, 0) is 23.5 Å². The lowest BCUT2D eigenvalue weighted by molar-refractivity contribution is 0.240.